The summed E-state index contributed by atoms with van der Waals surface area (Å²) in [6.45, 7) is 10.1. The Morgan fingerprint density at radius 3 is 2.50 bits per heavy atom. The van der Waals surface area contributed by atoms with Crippen LogP contribution in [0.15, 0.2) is 6.07 Å². The lowest BCUT2D eigenvalue weighted by Gasteiger charge is -2.17. The van der Waals surface area contributed by atoms with Gasteiger partial charge in [-0.25, -0.2) is 0 Å². The van der Waals surface area contributed by atoms with Gasteiger partial charge in [0.1, 0.15) is 5.82 Å². The van der Waals surface area contributed by atoms with Crippen LogP contribution in [0.5, 0.6) is 11.8 Å². The van der Waals surface area contributed by atoms with Crippen molar-refractivity contribution in [2.45, 2.75) is 40.7 Å². The molecule has 1 aromatic rings. The Morgan fingerprint density at radius 1 is 1.22 bits per heavy atom. The third-order valence-corrected chi connectivity index (χ3v) is 2.51. The topological polar surface area (TPSA) is 44.2 Å². The number of aromatic nitrogens is 2. The summed E-state index contributed by atoms with van der Waals surface area (Å²) in [4.78, 5) is 8.41. The number of hydrogen-bond donors (Lipinski definition) is 0. The molecule has 0 bridgehead atoms. The van der Waals surface area contributed by atoms with Gasteiger partial charge in [-0.05, 0) is 26.7 Å². The van der Waals surface area contributed by atoms with Gasteiger partial charge in [0.25, 0.3) is 0 Å². The number of nitrogens with zero attached hydrogens (tertiary/aromatic N) is 2. The van der Waals surface area contributed by atoms with Crippen LogP contribution < -0.4 is 9.47 Å². The van der Waals surface area contributed by atoms with E-state index in [2.05, 4.69) is 35.7 Å². The quantitative estimate of drug-likeness (QED) is 0.751. The van der Waals surface area contributed by atoms with E-state index < -0.39 is 0 Å². The van der Waals surface area contributed by atoms with E-state index in [-0.39, 0.29) is 6.10 Å². The zero-order valence-electron chi connectivity index (χ0n) is 11.7. The molecule has 1 aromatic heterocycles. The molecular weight excluding hydrogens is 228 g/mol. The lowest BCUT2D eigenvalue weighted by Crippen LogP contribution is -2.19. The van der Waals surface area contributed by atoms with Crippen LogP contribution in [0, 0.1) is 24.7 Å². The Hall–Kier alpha value is -1.76. The molecule has 0 amide bonds. The zero-order chi connectivity index (χ0) is 13.5. The molecular formula is C14H20N2O2. The predicted octanol–water partition coefficient (Wildman–Crippen LogP) is 2.61. The first-order valence-corrected chi connectivity index (χ1v) is 6.07. The van der Waals surface area contributed by atoms with Crippen molar-refractivity contribution in [3.05, 3.63) is 11.9 Å². The second-order valence-electron chi connectivity index (χ2n) is 4.37. The maximum Gasteiger partial charge on any atom is 0.221 e. The van der Waals surface area contributed by atoms with E-state index in [1.807, 2.05) is 13.8 Å². The van der Waals surface area contributed by atoms with Crippen LogP contribution in [0.2, 0.25) is 0 Å². The summed E-state index contributed by atoms with van der Waals surface area (Å²) in [6.07, 6.45) is 0.0996. The fourth-order valence-corrected chi connectivity index (χ4v) is 1.16. The summed E-state index contributed by atoms with van der Waals surface area (Å²) in [6, 6.07) is 1.70. The second kappa shape index (κ2) is 6.85. The highest BCUT2D eigenvalue weighted by atomic mass is 16.5. The van der Waals surface area contributed by atoms with Crippen molar-refractivity contribution in [1.29, 1.82) is 0 Å². The maximum atomic E-state index is 5.74. The molecule has 0 aliphatic heterocycles. The molecule has 0 fully saturated rings. The molecule has 0 N–H and O–H groups in total. The minimum atomic E-state index is 0.0996. The van der Waals surface area contributed by atoms with Crippen molar-refractivity contribution in [1.82, 2.24) is 9.97 Å². The number of hydrogen-bond acceptors (Lipinski definition) is 4. The van der Waals surface area contributed by atoms with Gasteiger partial charge in [0, 0.05) is 0 Å². The van der Waals surface area contributed by atoms with Gasteiger partial charge >= 0.3 is 0 Å². The van der Waals surface area contributed by atoms with E-state index in [0.717, 1.165) is 0 Å². The summed E-state index contributed by atoms with van der Waals surface area (Å²) < 4.78 is 11.1. The average Bonchev–Trinajstić information content (AvgIpc) is 2.28. The SMILES string of the molecule is CC#CCOc1cc(OC(C)C(C)C)nc(C)n1. The molecule has 0 saturated heterocycles. The minimum absolute atomic E-state index is 0.0996. The number of ether oxygens (including phenoxy) is 2. The lowest BCUT2D eigenvalue weighted by atomic mass is 10.1. The molecule has 4 nitrogen and oxygen atoms in total. The van der Waals surface area contributed by atoms with E-state index >= 15 is 0 Å². The highest BCUT2D eigenvalue weighted by Crippen LogP contribution is 2.18. The van der Waals surface area contributed by atoms with Gasteiger partial charge in [-0.3, -0.25) is 0 Å². The molecule has 1 heterocycles. The molecule has 1 atom stereocenters. The highest BCUT2D eigenvalue weighted by Gasteiger charge is 2.11. The number of rotatable bonds is 5. The third-order valence-electron chi connectivity index (χ3n) is 2.51. The first-order valence-electron chi connectivity index (χ1n) is 6.07. The molecule has 0 aliphatic rings. The van der Waals surface area contributed by atoms with Gasteiger partial charge in [0.2, 0.25) is 11.8 Å². The lowest BCUT2D eigenvalue weighted by molar-refractivity contribution is 0.162. The first kappa shape index (κ1) is 14.3. The van der Waals surface area contributed by atoms with Gasteiger partial charge < -0.3 is 9.47 Å². The Morgan fingerprint density at radius 2 is 1.89 bits per heavy atom. The van der Waals surface area contributed by atoms with Gasteiger partial charge in [-0.2, -0.15) is 9.97 Å². The second-order valence-corrected chi connectivity index (χ2v) is 4.37. The molecule has 1 unspecified atom stereocenters. The van der Waals surface area contributed by atoms with Crippen molar-refractivity contribution >= 4 is 0 Å². The first-order chi connectivity index (χ1) is 8.52. The van der Waals surface area contributed by atoms with Crippen LogP contribution in [0.3, 0.4) is 0 Å². The summed E-state index contributed by atoms with van der Waals surface area (Å²) >= 11 is 0. The summed E-state index contributed by atoms with van der Waals surface area (Å²) in [5.41, 5.74) is 0. The zero-order valence-corrected chi connectivity index (χ0v) is 11.7. The van der Waals surface area contributed by atoms with Gasteiger partial charge in [0.05, 0.1) is 12.2 Å². The van der Waals surface area contributed by atoms with Crippen LogP contribution in [0.4, 0.5) is 0 Å². The number of aryl methyl sites for hydroxylation is 1. The van der Waals surface area contributed by atoms with E-state index in [4.69, 9.17) is 9.47 Å². The Balaban J connectivity index is 2.76. The largest absolute Gasteiger partial charge is 0.474 e. The molecule has 0 saturated carbocycles. The minimum Gasteiger partial charge on any atom is -0.474 e. The Bertz CT molecular complexity index is 447. The monoisotopic (exact) mass is 248 g/mol. The predicted molar refractivity (Wildman–Crippen MR) is 70.6 cm³/mol. The smallest absolute Gasteiger partial charge is 0.221 e. The molecule has 4 heteroatoms. The van der Waals surface area contributed by atoms with Gasteiger partial charge in [-0.1, -0.05) is 19.8 Å². The summed E-state index contributed by atoms with van der Waals surface area (Å²) in [5.74, 6) is 7.68. The fraction of sp³-hybridized carbons (Fsp3) is 0.571. The fourth-order valence-electron chi connectivity index (χ4n) is 1.16. The maximum absolute atomic E-state index is 5.74. The molecule has 0 aliphatic carbocycles. The molecule has 0 spiro atoms. The summed E-state index contributed by atoms with van der Waals surface area (Å²) in [7, 11) is 0. The Labute approximate surface area is 109 Å². The molecule has 0 radical (unpaired) electrons. The molecule has 18 heavy (non-hydrogen) atoms. The van der Waals surface area contributed by atoms with Crippen molar-refractivity contribution in [2.24, 2.45) is 5.92 Å². The molecule has 98 valence electrons. The highest BCUT2D eigenvalue weighted by molar-refractivity contribution is 5.21. The van der Waals surface area contributed by atoms with E-state index in [1.54, 1.807) is 13.0 Å². The van der Waals surface area contributed by atoms with Crippen molar-refractivity contribution < 1.29 is 9.47 Å². The van der Waals surface area contributed by atoms with Crippen molar-refractivity contribution in [2.75, 3.05) is 6.61 Å². The van der Waals surface area contributed by atoms with E-state index in [9.17, 15) is 0 Å². The average molecular weight is 248 g/mol. The molecule has 1 rings (SSSR count). The molecule has 0 aromatic carbocycles. The Kier molecular flexibility index (Phi) is 5.44. The standard InChI is InChI=1S/C14H20N2O2/c1-6-7-8-17-13-9-14(16-12(5)15-13)18-11(4)10(2)3/h9-11H,8H2,1-5H3. The van der Waals surface area contributed by atoms with E-state index in [0.29, 0.717) is 30.1 Å². The van der Waals surface area contributed by atoms with Crippen LogP contribution in [-0.2, 0) is 0 Å². The normalized spacial score (nSPS) is 11.7. The van der Waals surface area contributed by atoms with Gasteiger partial charge in [-0.15, -0.1) is 5.92 Å². The van der Waals surface area contributed by atoms with Crippen LogP contribution in [0.1, 0.15) is 33.5 Å². The van der Waals surface area contributed by atoms with Gasteiger partial charge in [0.15, 0.2) is 6.61 Å². The van der Waals surface area contributed by atoms with E-state index in [1.165, 1.54) is 0 Å². The van der Waals surface area contributed by atoms with Crippen LogP contribution >= 0.6 is 0 Å². The third kappa shape index (κ3) is 4.62. The van der Waals surface area contributed by atoms with Crippen LogP contribution in [0.25, 0.3) is 0 Å². The van der Waals surface area contributed by atoms with Crippen LogP contribution in [-0.4, -0.2) is 22.7 Å². The van der Waals surface area contributed by atoms with Crippen molar-refractivity contribution in [3.8, 4) is 23.6 Å². The summed E-state index contributed by atoms with van der Waals surface area (Å²) in [5, 5.41) is 0. The van der Waals surface area contributed by atoms with Crippen molar-refractivity contribution in [3.63, 3.8) is 0 Å².